The van der Waals surface area contributed by atoms with Crippen molar-refractivity contribution in [3.8, 4) is 0 Å². The van der Waals surface area contributed by atoms with Crippen LogP contribution in [0.25, 0.3) is 0 Å². The van der Waals surface area contributed by atoms with Crippen molar-refractivity contribution in [3.63, 3.8) is 0 Å². The van der Waals surface area contributed by atoms with Crippen LogP contribution in [0.5, 0.6) is 0 Å². The Morgan fingerprint density at radius 3 is 2.57 bits per heavy atom. The number of esters is 1. The van der Waals surface area contributed by atoms with Crippen LogP contribution < -0.4 is 5.32 Å². The highest BCUT2D eigenvalue weighted by Gasteiger charge is 2.63. The second-order valence-corrected chi connectivity index (χ2v) is 8.34. The Kier molecular flexibility index (Phi) is 3.84. The number of ether oxygens (including phenoxy) is 1. The van der Waals surface area contributed by atoms with Gasteiger partial charge in [-0.3, -0.25) is 4.79 Å². The van der Waals surface area contributed by atoms with Crippen molar-refractivity contribution < 1.29 is 9.53 Å². The summed E-state index contributed by atoms with van der Waals surface area (Å²) in [5, 5.41) is 3.36. The molecule has 3 heteroatoms. The molecule has 3 nitrogen and oxygen atoms in total. The number of fused-ring (bicyclic) bond motifs is 2. The molecule has 5 unspecified atom stereocenters. The fourth-order valence-corrected chi connectivity index (χ4v) is 5.08. The molecule has 2 saturated carbocycles. The topological polar surface area (TPSA) is 38.3 Å². The molecule has 1 saturated heterocycles. The van der Waals surface area contributed by atoms with Crippen LogP contribution in [0.3, 0.4) is 0 Å². The summed E-state index contributed by atoms with van der Waals surface area (Å²) in [6, 6.07) is -0.0745. The third-order valence-electron chi connectivity index (χ3n) is 7.35. The van der Waals surface area contributed by atoms with Crippen LogP contribution in [0.2, 0.25) is 0 Å². The number of carbonyl (C=O) groups is 1. The van der Waals surface area contributed by atoms with Gasteiger partial charge in [0, 0.05) is 5.41 Å². The van der Waals surface area contributed by atoms with Gasteiger partial charge in [-0.2, -0.15) is 0 Å². The van der Waals surface area contributed by atoms with Crippen molar-refractivity contribution in [2.75, 3.05) is 6.54 Å². The monoisotopic (exact) mass is 293 g/mol. The summed E-state index contributed by atoms with van der Waals surface area (Å²) >= 11 is 0. The van der Waals surface area contributed by atoms with Crippen LogP contribution in [0.4, 0.5) is 0 Å². The fourth-order valence-electron chi connectivity index (χ4n) is 5.08. The SMILES string of the molecule is CCC1CCNC(C(=O)OC2CC3CCC2(C)C3(C)C)C1. The van der Waals surface area contributed by atoms with Crippen LogP contribution in [-0.4, -0.2) is 24.7 Å². The predicted molar refractivity (Wildman–Crippen MR) is 83.9 cm³/mol. The summed E-state index contributed by atoms with van der Waals surface area (Å²) < 4.78 is 6.01. The van der Waals surface area contributed by atoms with Crippen molar-refractivity contribution >= 4 is 5.97 Å². The summed E-state index contributed by atoms with van der Waals surface area (Å²) in [5.74, 6) is 1.40. The Hall–Kier alpha value is -0.570. The Balaban J connectivity index is 1.64. The number of nitrogens with one attached hydrogen (secondary N) is 1. The van der Waals surface area contributed by atoms with E-state index >= 15 is 0 Å². The standard InChI is InChI=1S/C18H31NO2/c1-5-12-7-9-19-14(10-12)16(20)21-15-11-13-6-8-18(15,4)17(13,2)3/h12-15,19H,5-11H2,1-4H3. The Morgan fingerprint density at radius 1 is 1.24 bits per heavy atom. The van der Waals surface area contributed by atoms with Crippen molar-refractivity contribution in [2.45, 2.75) is 78.4 Å². The van der Waals surface area contributed by atoms with Gasteiger partial charge in [-0.25, -0.2) is 0 Å². The van der Waals surface area contributed by atoms with Crippen LogP contribution in [0, 0.1) is 22.7 Å². The Bertz CT molecular complexity index is 419. The molecule has 3 rings (SSSR count). The minimum Gasteiger partial charge on any atom is -0.461 e. The van der Waals surface area contributed by atoms with Gasteiger partial charge >= 0.3 is 5.97 Å². The van der Waals surface area contributed by atoms with E-state index in [0.717, 1.165) is 25.3 Å². The van der Waals surface area contributed by atoms with E-state index in [9.17, 15) is 4.79 Å². The van der Waals surface area contributed by atoms with Crippen molar-refractivity contribution in [1.29, 1.82) is 0 Å². The quantitative estimate of drug-likeness (QED) is 0.809. The smallest absolute Gasteiger partial charge is 0.323 e. The fraction of sp³-hybridized carbons (Fsp3) is 0.944. The Morgan fingerprint density at radius 2 is 2.00 bits per heavy atom. The lowest BCUT2D eigenvalue weighted by molar-refractivity contribution is -0.160. The maximum Gasteiger partial charge on any atom is 0.323 e. The Labute approximate surface area is 129 Å². The van der Waals surface area contributed by atoms with Crippen molar-refractivity contribution in [1.82, 2.24) is 5.32 Å². The number of hydrogen-bond acceptors (Lipinski definition) is 3. The summed E-state index contributed by atoms with van der Waals surface area (Å²) in [6.07, 6.45) is 7.01. The summed E-state index contributed by atoms with van der Waals surface area (Å²) in [4.78, 5) is 12.6. The molecule has 5 atom stereocenters. The van der Waals surface area contributed by atoms with E-state index in [1.54, 1.807) is 0 Å². The van der Waals surface area contributed by atoms with Gasteiger partial charge in [-0.05, 0) is 55.9 Å². The first-order valence-electron chi connectivity index (χ1n) is 8.82. The van der Waals surface area contributed by atoms with E-state index in [2.05, 4.69) is 33.0 Å². The first kappa shape index (κ1) is 15.3. The highest BCUT2D eigenvalue weighted by molar-refractivity contribution is 5.76. The molecule has 1 N–H and O–H groups in total. The molecule has 21 heavy (non-hydrogen) atoms. The minimum absolute atomic E-state index is 0.00252. The summed E-state index contributed by atoms with van der Waals surface area (Å²) in [5.41, 5.74) is 0.482. The molecule has 0 aromatic carbocycles. The molecule has 0 spiro atoms. The first-order valence-corrected chi connectivity index (χ1v) is 8.82. The summed E-state index contributed by atoms with van der Waals surface area (Å²) in [6.45, 7) is 10.2. The van der Waals surface area contributed by atoms with Crippen LogP contribution in [0.1, 0.15) is 66.2 Å². The predicted octanol–water partition coefficient (Wildman–Crippen LogP) is 3.52. The van der Waals surface area contributed by atoms with Gasteiger partial charge in [-0.15, -0.1) is 0 Å². The lowest BCUT2D eigenvalue weighted by Gasteiger charge is -2.39. The van der Waals surface area contributed by atoms with Gasteiger partial charge in [-0.1, -0.05) is 34.1 Å². The zero-order valence-corrected chi connectivity index (χ0v) is 14.1. The third-order valence-corrected chi connectivity index (χ3v) is 7.35. The normalized spacial score (nSPS) is 44.8. The molecular weight excluding hydrogens is 262 g/mol. The molecule has 1 heterocycles. The van der Waals surface area contributed by atoms with E-state index < -0.39 is 0 Å². The van der Waals surface area contributed by atoms with Gasteiger partial charge in [0.1, 0.15) is 12.1 Å². The molecule has 3 aliphatic rings. The van der Waals surface area contributed by atoms with E-state index in [-0.39, 0.29) is 23.5 Å². The van der Waals surface area contributed by atoms with Gasteiger partial charge in [0.15, 0.2) is 0 Å². The summed E-state index contributed by atoms with van der Waals surface area (Å²) in [7, 11) is 0. The number of hydrogen-bond donors (Lipinski definition) is 1. The van der Waals surface area contributed by atoms with E-state index in [0.29, 0.717) is 11.3 Å². The molecule has 0 amide bonds. The largest absolute Gasteiger partial charge is 0.461 e. The molecule has 0 aromatic heterocycles. The molecule has 0 radical (unpaired) electrons. The third kappa shape index (κ3) is 2.32. The average Bonchev–Trinajstić information content (AvgIpc) is 2.80. The second kappa shape index (κ2) is 5.26. The van der Waals surface area contributed by atoms with Gasteiger partial charge in [0.05, 0.1) is 0 Å². The van der Waals surface area contributed by atoms with Crippen LogP contribution >= 0.6 is 0 Å². The molecule has 2 bridgehead atoms. The molecule has 1 aliphatic heterocycles. The number of rotatable bonds is 3. The molecular formula is C18H31NO2. The highest BCUT2D eigenvalue weighted by Crippen LogP contribution is 2.66. The first-order chi connectivity index (χ1) is 9.88. The lowest BCUT2D eigenvalue weighted by Crippen LogP contribution is -2.47. The zero-order valence-electron chi connectivity index (χ0n) is 14.1. The van der Waals surface area contributed by atoms with E-state index in [1.165, 1.54) is 25.7 Å². The molecule has 2 aliphatic carbocycles. The number of piperidine rings is 1. The van der Waals surface area contributed by atoms with E-state index in [4.69, 9.17) is 4.74 Å². The van der Waals surface area contributed by atoms with Gasteiger partial charge < -0.3 is 10.1 Å². The maximum absolute atomic E-state index is 12.6. The van der Waals surface area contributed by atoms with Crippen molar-refractivity contribution in [3.05, 3.63) is 0 Å². The number of carbonyl (C=O) groups excluding carboxylic acids is 1. The van der Waals surface area contributed by atoms with Crippen LogP contribution in [-0.2, 0) is 9.53 Å². The molecule has 120 valence electrons. The molecule has 3 fully saturated rings. The average molecular weight is 293 g/mol. The van der Waals surface area contributed by atoms with Gasteiger partial charge in [0.25, 0.3) is 0 Å². The second-order valence-electron chi connectivity index (χ2n) is 8.34. The van der Waals surface area contributed by atoms with Crippen LogP contribution in [0.15, 0.2) is 0 Å². The van der Waals surface area contributed by atoms with E-state index in [1.807, 2.05) is 0 Å². The maximum atomic E-state index is 12.6. The lowest BCUT2D eigenvalue weighted by atomic mass is 9.70. The van der Waals surface area contributed by atoms with Gasteiger partial charge in [0.2, 0.25) is 0 Å². The highest BCUT2D eigenvalue weighted by atomic mass is 16.5. The molecule has 0 aromatic rings. The van der Waals surface area contributed by atoms with Crippen molar-refractivity contribution in [2.24, 2.45) is 22.7 Å². The zero-order chi connectivity index (χ0) is 15.3. The minimum atomic E-state index is -0.0745.